The fourth-order valence-corrected chi connectivity index (χ4v) is 3.96. The summed E-state index contributed by atoms with van der Waals surface area (Å²) < 4.78 is 28.7. The molecule has 0 radical (unpaired) electrons. The van der Waals surface area contributed by atoms with Crippen LogP contribution in [0.5, 0.6) is 0 Å². The Morgan fingerprint density at radius 1 is 1.29 bits per heavy atom. The summed E-state index contributed by atoms with van der Waals surface area (Å²) in [7, 11) is -3.36. The van der Waals surface area contributed by atoms with Gasteiger partial charge in [-0.2, -0.15) is 0 Å². The van der Waals surface area contributed by atoms with Gasteiger partial charge in [-0.1, -0.05) is 52.8 Å². The first-order valence-corrected chi connectivity index (χ1v) is 10.7. The van der Waals surface area contributed by atoms with Crippen molar-refractivity contribution in [3.05, 3.63) is 39.5 Å². The Kier molecular flexibility index (Phi) is 8.73. The van der Waals surface area contributed by atoms with E-state index in [4.69, 9.17) is 0 Å². The van der Waals surface area contributed by atoms with E-state index in [9.17, 15) is 8.42 Å². The number of nitrogens with one attached hydrogen (secondary N) is 1. The molecule has 0 heterocycles. The van der Waals surface area contributed by atoms with Gasteiger partial charge in [-0.3, -0.25) is 0 Å². The van der Waals surface area contributed by atoms with E-state index < -0.39 is 10.0 Å². The number of allylic oxidation sites excluding steroid dienone is 2. The Labute approximate surface area is 155 Å². The number of hydrogen-bond acceptors (Lipinski definition) is 2. The predicted octanol–water partition coefficient (Wildman–Crippen LogP) is 4.59. The maximum atomic E-state index is 12.1. The highest BCUT2D eigenvalue weighted by atomic mass is 127. The van der Waals surface area contributed by atoms with E-state index in [1.165, 1.54) is 3.58 Å². The molecule has 0 fully saturated rings. The third kappa shape index (κ3) is 6.96. The summed E-state index contributed by atoms with van der Waals surface area (Å²) in [5.41, 5.74) is 1.06. The number of hydrogen-bond donors (Lipinski definition) is 1. The average molecular weight is 533 g/mol. The van der Waals surface area contributed by atoms with Crippen molar-refractivity contribution in [2.45, 2.75) is 41.9 Å². The lowest BCUT2D eigenvalue weighted by Gasteiger charge is -2.10. The molecule has 0 aliphatic carbocycles. The summed E-state index contributed by atoms with van der Waals surface area (Å²) in [4.78, 5) is 0.336. The maximum Gasteiger partial charge on any atom is 0.240 e. The quantitative estimate of drug-likeness (QED) is 0.302. The summed E-state index contributed by atoms with van der Waals surface area (Å²) >= 11 is 4.79. The zero-order chi connectivity index (χ0) is 15.9. The molecule has 1 aromatic carbocycles. The normalized spacial score (nSPS) is 14.2. The fourth-order valence-electron chi connectivity index (χ4n) is 1.77. The molecule has 0 saturated carbocycles. The van der Waals surface area contributed by atoms with Gasteiger partial charge in [-0.25, -0.2) is 13.1 Å². The Bertz CT molecular complexity index is 568. The summed E-state index contributed by atoms with van der Waals surface area (Å²) in [6.45, 7) is 4.48. The molecule has 0 bridgehead atoms. The van der Waals surface area contributed by atoms with Gasteiger partial charge in [0, 0.05) is 10.5 Å². The Balaban J connectivity index is 2.37. The zero-order valence-corrected chi connectivity index (χ0v) is 17.4. The molecule has 1 N–H and O–H groups in total. The minimum Gasteiger partial charge on any atom is -0.211 e. The van der Waals surface area contributed by atoms with Crippen molar-refractivity contribution >= 4 is 55.2 Å². The van der Waals surface area contributed by atoms with Gasteiger partial charge in [0.15, 0.2) is 0 Å². The highest BCUT2D eigenvalue weighted by molar-refractivity contribution is 14.1. The monoisotopic (exact) mass is 533 g/mol. The molecular weight excluding hydrogens is 512 g/mol. The number of sulfonamides is 1. The number of benzene rings is 1. The second-order valence-electron chi connectivity index (χ2n) is 4.85. The molecule has 1 rings (SSSR count). The Morgan fingerprint density at radius 2 is 1.90 bits per heavy atom. The van der Waals surface area contributed by atoms with Crippen LogP contribution in [0.3, 0.4) is 0 Å². The van der Waals surface area contributed by atoms with Gasteiger partial charge in [0.05, 0.1) is 4.90 Å². The van der Waals surface area contributed by atoms with E-state index in [2.05, 4.69) is 56.0 Å². The number of aryl methyl sites for hydroxylation is 1. The lowest BCUT2D eigenvalue weighted by molar-refractivity contribution is 0.575. The van der Waals surface area contributed by atoms with E-state index in [1.54, 1.807) is 12.1 Å². The second kappa shape index (κ2) is 9.46. The highest BCUT2D eigenvalue weighted by Crippen LogP contribution is 2.24. The van der Waals surface area contributed by atoms with E-state index in [-0.39, 0.29) is 0 Å². The van der Waals surface area contributed by atoms with Crippen molar-refractivity contribution in [2.75, 3.05) is 6.54 Å². The van der Waals surface area contributed by atoms with Crippen LogP contribution in [0.15, 0.2) is 38.8 Å². The van der Waals surface area contributed by atoms with E-state index >= 15 is 0 Å². The summed E-state index contributed by atoms with van der Waals surface area (Å²) in [6.07, 6.45) is 5.08. The first-order valence-electron chi connectivity index (χ1n) is 6.89. The fraction of sp³-hybridized carbons (Fsp3) is 0.467. The number of unbranched alkanes of at least 4 members (excludes halogenated alkanes) is 1. The van der Waals surface area contributed by atoms with Crippen LogP contribution in [0.4, 0.5) is 0 Å². The van der Waals surface area contributed by atoms with Crippen LogP contribution in [0.2, 0.25) is 0 Å². The van der Waals surface area contributed by atoms with Gasteiger partial charge in [0.1, 0.15) is 0 Å². The molecule has 6 heteroatoms. The van der Waals surface area contributed by atoms with E-state index in [0.717, 1.165) is 24.8 Å². The van der Waals surface area contributed by atoms with Gasteiger partial charge in [0.25, 0.3) is 0 Å². The Morgan fingerprint density at radius 3 is 2.48 bits per heavy atom. The third-order valence-corrected chi connectivity index (χ3v) is 8.42. The SMILES string of the molecule is C/C=C(/I)C(I)CCCCNS(=O)(=O)c1ccc(C)cc1. The van der Waals surface area contributed by atoms with Crippen LogP contribution in [-0.4, -0.2) is 18.9 Å². The lowest BCUT2D eigenvalue weighted by atomic mass is 10.2. The van der Waals surface area contributed by atoms with Crippen molar-refractivity contribution in [3.8, 4) is 0 Å². The van der Waals surface area contributed by atoms with Crippen LogP contribution in [-0.2, 0) is 10.0 Å². The van der Waals surface area contributed by atoms with Gasteiger partial charge in [-0.05, 0) is 65.0 Å². The Hall–Kier alpha value is 0.330. The molecule has 0 amide bonds. The first kappa shape index (κ1) is 19.4. The topological polar surface area (TPSA) is 46.2 Å². The van der Waals surface area contributed by atoms with E-state index in [0.29, 0.717) is 15.4 Å². The summed E-state index contributed by atoms with van der Waals surface area (Å²) in [5.74, 6) is 0. The minimum atomic E-state index is -3.36. The maximum absolute atomic E-state index is 12.1. The molecule has 21 heavy (non-hydrogen) atoms. The van der Waals surface area contributed by atoms with Gasteiger partial charge >= 0.3 is 0 Å². The van der Waals surface area contributed by atoms with E-state index in [1.807, 2.05) is 26.0 Å². The average Bonchev–Trinajstić information content (AvgIpc) is 2.46. The lowest BCUT2D eigenvalue weighted by Crippen LogP contribution is -2.24. The molecule has 0 aliphatic heterocycles. The molecule has 0 aromatic heterocycles. The van der Waals surface area contributed by atoms with Crippen LogP contribution < -0.4 is 4.72 Å². The molecular formula is C15H21I2NO2S. The van der Waals surface area contributed by atoms with Gasteiger partial charge in [-0.15, -0.1) is 0 Å². The minimum absolute atomic E-state index is 0.336. The van der Waals surface area contributed by atoms with Gasteiger partial charge in [0.2, 0.25) is 10.0 Å². The van der Waals surface area contributed by atoms with Crippen LogP contribution >= 0.6 is 45.2 Å². The van der Waals surface area contributed by atoms with Crippen LogP contribution in [0.1, 0.15) is 31.7 Å². The van der Waals surface area contributed by atoms with Crippen molar-refractivity contribution in [1.82, 2.24) is 4.72 Å². The predicted molar refractivity (Wildman–Crippen MR) is 106 cm³/mol. The molecule has 1 aromatic rings. The molecule has 1 unspecified atom stereocenters. The third-order valence-electron chi connectivity index (χ3n) is 3.08. The van der Waals surface area contributed by atoms with Crippen molar-refractivity contribution in [2.24, 2.45) is 0 Å². The molecule has 0 spiro atoms. The summed E-state index contributed by atoms with van der Waals surface area (Å²) in [5, 5.41) is 0. The number of alkyl halides is 1. The second-order valence-corrected chi connectivity index (χ2v) is 9.36. The molecule has 0 aliphatic rings. The van der Waals surface area contributed by atoms with Crippen LogP contribution in [0, 0.1) is 6.92 Å². The largest absolute Gasteiger partial charge is 0.240 e. The van der Waals surface area contributed by atoms with Crippen molar-refractivity contribution in [1.29, 1.82) is 0 Å². The zero-order valence-electron chi connectivity index (χ0n) is 12.3. The van der Waals surface area contributed by atoms with Crippen molar-refractivity contribution in [3.63, 3.8) is 0 Å². The number of rotatable bonds is 8. The first-order chi connectivity index (χ1) is 9.86. The summed E-state index contributed by atoms with van der Waals surface area (Å²) in [6, 6.07) is 6.92. The standard InChI is InChI=1S/C15H21I2NO2S/c1-3-14(16)15(17)6-4-5-11-18-21(19,20)13-9-7-12(2)8-10-13/h3,7-10,15,18H,4-6,11H2,1-2H3/b14-3+. The number of halogens is 2. The highest BCUT2D eigenvalue weighted by Gasteiger charge is 2.13. The molecule has 118 valence electrons. The van der Waals surface area contributed by atoms with Crippen LogP contribution in [0.25, 0.3) is 0 Å². The molecule has 1 atom stereocenters. The van der Waals surface area contributed by atoms with Gasteiger partial charge < -0.3 is 0 Å². The molecule has 3 nitrogen and oxygen atoms in total. The van der Waals surface area contributed by atoms with Crippen molar-refractivity contribution < 1.29 is 8.42 Å². The smallest absolute Gasteiger partial charge is 0.211 e. The molecule has 0 saturated heterocycles.